The Morgan fingerprint density at radius 3 is 2.68 bits per heavy atom. The van der Waals surface area contributed by atoms with E-state index < -0.39 is 5.91 Å². The van der Waals surface area contributed by atoms with Gasteiger partial charge in [-0.1, -0.05) is 0 Å². The molecule has 0 fully saturated rings. The Morgan fingerprint density at radius 2 is 2.09 bits per heavy atom. The van der Waals surface area contributed by atoms with Crippen molar-refractivity contribution in [3.8, 4) is 5.75 Å². The van der Waals surface area contributed by atoms with Gasteiger partial charge in [0.1, 0.15) is 11.3 Å². The van der Waals surface area contributed by atoms with Crippen LogP contribution in [0.4, 0.5) is 0 Å². The van der Waals surface area contributed by atoms with E-state index in [2.05, 4.69) is 0 Å². The minimum atomic E-state index is -0.524. The fourth-order valence-electron chi connectivity index (χ4n) is 2.32. The molecule has 2 N–H and O–H groups in total. The largest absolute Gasteiger partial charge is 0.497 e. The monoisotopic (exact) mass is 304 g/mol. The Kier molecular flexibility index (Phi) is 4.70. The molecule has 6 heteroatoms. The number of amides is 2. The van der Waals surface area contributed by atoms with Gasteiger partial charge in [0.2, 0.25) is 11.8 Å². The van der Waals surface area contributed by atoms with Crippen LogP contribution in [0.25, 0.3) is 11.0 Å². The molecule has 0 radical (unpaired) electrons. The lowest BCUT2D eigenvalue weighted by molar-refractivity contribution is -0.136. The predicted octanol–water partition coefficient (Wildman–Crippen LogP) is 1.71. The molecule has 0 aliphatic rings. The zero-order chi connectivity index (χ0) is 16.3. The molecule has 2 amide bonds. The molecule has 2 aromatic rings. The van der Waals surface area contributed by atoms with E-state index in [-0.39, 0.29) is 24.9 Å². The summed E-state index contributed by atoms with van der Waals surface area (Å²) >= 11 is 0. The maximum Gasteiger partial charge on any atom is 0.237 e. The number of rotatable bonds is 6. The lowest BCUT2D eigenvalue weighted by Gasteiger charge is -2.25. The number of carbonyl (C=O) groups is 2. The van der Waals surface area contributed by atoms with Crippen molar-refractivity contribution in [2.75, 3.05) is 13.7 Å². The molecule has 0 aliphatic carbocycles. The van der Waals surface area contributed by atoms with E-state index in [4.69, 9.17) is 14.9 Å². The number of hydrogen-bond acceptors (Lipinski definition) is 4. The SMILES string of the molecule is COc1ccc2c(CC(=O)N(CC(N)=O)C(C)C)coc2c1. The molecule has 2 rings (SSSR count). The Bertz CT molecular complexity index is 691. The van der Waals surface area contributed by atoms with Crippen molar-refractivity contribution in [2.45, 2.75) is 26.3 Å². The van der Waals surface area contributed by atoms with Gasteiger partial charge in [0.25, 0.3) is 0 Å². The van der Waals surface area contributed by atoms with Crippen molar-refractivity contribution in [1.29, 1.82) is 0 Å². The second kappa shape index (κ2) is 6.51. The van der Waals surface area contributed by atoms with E-state index in [1.165, 1.54) is 4.90 Å². The number of fused-ring (bicyclic) bond motifs is 1. The van der Waals surface area contributed by atoms with E-state index in [1.54, 1.807) is 19.4 Å². The summed E-state index contributed by atoms with van der Waals surface area (Å²) in [6.07, 6.45) is 1.72. The van der Waals surface area contributed by atoms with Gasteiger partial charge >= 0.3 is 0 Å². The summed E-state index contributed by atoms with van der Waals surface area (Å²) in [5.41, 5.74) is 6.64. The quantitative estimate of drug-likeness (QED) is 0.880. The first-order chi connectivity index (χ1) is 10.4. The van der Waals surface area contributed by atoms with E-state index in [1.807, 2.05) is 26.0 Å². The molecule has 0 saturated carbocycles. The molecular weight excluding hydrogens is 284 g/mol. The molecule has 0 spiro atoms. The van der Waals surface area contributed by atoms with Gasteiger partial charge in [-0.05, 0) is 26.0 Å². The maximum atomic E-state index is 12.4. The summed E-state index contributed by atoms with van der Waals surface area (Å²) in [7, 11) is 1.58. The number of nitrogens with zero attached hydrogens (tertiary/aromatic N) is 1. The lowest BCUT2D eigenvalue weighted by Crippen LogP contribution is -2.43. The number of carbonyl (C=O) groups excluding carboxylic acids is 2. The van der Waals surface area contributed by atoms with E-state index >= 15 is 0 Å². The molecule has 0 bridgehead atoms. The van der Waals surface area contributed by atoms with Crippen molar-refractivity contribution in [1.82, 2.24) is 4.90 Å². The highest BCUT2D eigenvalue weighted by Crippen LogP contribution is 2.26. The molecule has 22 heavy (non-hydrogen) atoms. The van der Waals surface area contributed by atoms with Crippen molar-refractivity contribution in [2.24, 2.45) is 5.73 Å². The van der Waals surface area contributed by atoms with Crippen LogP contribution in [0.15, 0.2) is 28.9 Å². The van der Waals surface area contributed by atoms with Gasteiger partial charge in [-0.3, -0.25) is 9.59 Å². The Hall–Kier alpha value is -2.50. The van der Waals surface area contributed by atoms with Crippen LogP contribution in [0.1, 0.15) is 19.4 Å². The van der Waals surface area contributed by atoms with Crippen LogP contribution in [-0.4, -0.2) is 36.4 Å². The number of nitrogens with two attached hydrogens (primary N) is 1. The van der Waals surface area contributed by atoms with Crippen LogP contribution in [0.5, 0.6) is 5.75 Å². The molecule has 6 nitrogen and oxygen atoms in total. The average Bonchev–Trinajstić information content (AvgIpc) is 2.86. The summed E-state index contributed by atoms with van der Waals surface area (Å²) in [5, 5.41) is 0.858. The van der Waals surface area contributed by atoms with Crippen molar-refractivity contribution >= 4 is 22.8 Å². The first-order valence-corrected chi connectivity index (χ1v) is 7.04. The van der Waals surface area contributed by atoms with Gasteiger partial charge in [0.05, 0.1) is 26.3 Å². The van der Waals surface area contributed by atoms with Crippen LogP contribution < -0.4 is 10.5 Å². The summed E-state index contributed by atoms with van der Waals surface area (Å²) in [4.78, 5) is 25.0. The Labute approximate surface area is 128 Å². The van der Waals surface area contributed by atoms with Crippen molar-refractivity contribution in [3.05, 3.63) is 30.0 Å². The third-order valence-electron chi connectivity index (χ3n) is 3.47. The third kappa shape index (κ3) is 3.39. The summed E-state index contributed by atoms with van der Waals surface area (Å²) < 4.78 is 10.6. The van der Waals surface area contributed by atoms with Crippen LogP contribution in [0.3, 0.4) is 0 Å². The number of primary amides is 1. The average molecular weight is 304 g/mol. The zero-order valence-electron chi connectivity index (χ0n) is 13.0. The minimum Gasteiger partial charge on any atom is -0.497 e. The van der Waals surface area contributed by atoms with Crippen LogP contribution in [0.2, 0.25) is 0 Å². The number of hydrogen-bond donors (Lipinski definition) is 1. The van der Waals surface area contributed by atoms with Gasteiger partial charge in [-0.2, -0.15) is 0 Å². The van der Waals surface area contributed by atoms with Gasteiger partial charge in [0.15, 0.2) is 0 Å². The molecule has 1 heterocycles. The van der Waals surface area contributed by atoms with Gasteiger partial charge in [0, 0.05) is 23.1 Å². The van der Waals surface area contributed by atoms with E-state index in [0.717, 1.165) is 10.9 Å². The molecule has 0 saturated heterocycles. The second-order valence-corrected chi connectivity index (χ2v) is 5.38. The van der Waals surface area contributed by atoms with Crippen LogP contribution >= 0.6 is 0 Å². The summed E-state index contributed by atoms with van der Waals surface area (Å²) in [6.45, 7) is 3.61. The van der Waals surface area contributed by atoms with Gasteiger partial charge in [-0.15, -0.1) is 0 Å². The lowest BCUT2D eigenvalue weighted by atomic mass is 10.1. The number of ether oxygens (including phenoxy) is 1. The number of methoxy groups -OCH3 is 1. The number of benzene rings is 1. The van der Waals surface area contributed by atoms with E-state index in [0.29, 0.717) is 11.3 Å². The first kappa shape index (κ1) is 15.9. The molecular formula is C16H20N2O4. The van der Waals surface area contributed by atoms with Crippen molar-refractivity contribution < 1.29 is 18.7 Å². The highest BCUT2D eigenvalue weighted by Gasteiger charge is 2.21. The smallest absolute Gasteiger partial charge is 0.237 e. The molecule has 0 unspecified atom stereocenters. The van der Waals surface area contributed by atoms with Crippen LogP contribution in [-0.2, 0) is 16.0 Å². The number of furan rings is 1. The van der Waals surface area contributed by atoms with Gasteiger partial charge < -0.3 is 19.8 Å². The van der Waals surface area contributed by atoms with E-state index in [9.17, 15) is 9.59 Å². The normalized spacial score (nSPS) is 10.9. The fraction of sp³-hybridized carbons (Fsp3) is 0.375. The second-order valence-electron chi connectivity index (χ2n) is 5.38. The maximum absolute atomic E-state index is 12.4. The molecule has 118 valence electrons. The third-order valence-corrected chi connectivity index (χ3v) is 3.47. The zero-order valence-corrected chi connectivity index (χ0v) is 13.0. The fourth-order valence-corrected chi connectivity index (χ4v) is 2.32. The minimum absolute atomic E-state index is 0.0832. The Morgan fingerprint density at radius 1 is 1.36 bits per heavy atom. The standard InChI is InChI=1S/C16H20N2O4/c1-10(2)18(8-15(17)19)16(20)6-11-9-22-14-7-12(21-3)4-5-13(11)14/h4-5,7,9-10H,6,8H2,1-3H3,(H2,17,19). The van der Waals surface area contributed by atoms with Crippen LogP contribution in [0, 0.1) is 0 Å². The Balaban J connectivity index is 2.22. The summed E-state index contributed by atoms with van der Waals surface area (Å²) in [5.74, 6) is 0.00779. The molecule has 1 aromatic heterocycles. The molecule has 1 aromatic carbocycles. The van der Waals surface area contributed by atoms with Crippen molar-refractivity contribution in [3.63, 3.8) is 0 Å². The highest BCUT2D eigenvalue weighted by molar-refractivity contribution is 5.90. The topological polar surface area (TPSA) is 85.8 Å². The molecule has 0 aliphatic heterocycles. The van der Waals surface area contributed by atoms with Gasteiger partial charge in [-0.25, -0.2) is 0 Å². The predicted molar refractivity (Wildman–Crippen MR) is 82.5 cm³/mol. The first-order valence-electron chi connectivity index (χ1n) is 7.04. The summed E-state index contributed by atoms with van der Waals surface area (Å²) in [6, 6.07) is 5.34. The molecule has 0 atom stereocenters. The highest BCUT2D eigenvalue weighted by atomic mass is 16.5.